The second-order valence-electron chi connectivity index (χ2n) is 7.87. The van der Waals surface area contributed by atoms with Crippen molar-refractivity contribution in [3.05, 3.63) is 87.7 Å². The largest absolute Gasteiger partial charge is 0.452 e. The van der Waals surface area contributed by atoms with Crippen molar-refractivity contribution in [1.82, 2.24) is 4.98 Å². The number of benzene rings is 2. The number of carbonyl (C=O) groups excluding carboxylic acids is 2. The number of aromatic nitrogens is 1. The minimum absolute atomic E-state index is 0.356. The molecule has 0 saturated carbocycles. The van der Waals surface area contributed by atoms with E-state index < -0.39 is 5.97 Å². The SMILES string of the molecule is CSc1cccc(NC(=O)COC(=O)c2c3c(nc4ccccc24)/C(=C/c2cccs2)CC3)c1. The van der Waals surface area contributed by atoms with Crippen LogP contribution in [0, 0.1) is 0 Å². The summed E-state index contributed by atoms with van der Waals surface area (Å²) in [7, 11) is 0. The third-order valence-corrected chi connectivity index (χ3v) is 7.24. The first-order valence-electron chi connectivity index (χ1n) is 10.9. The molecule has 7 heteroatoms. The van der Waals surface area contributed by atoms with Crippen LogP contribution in [-0.4, -0.2) is 29.7 Å². The lowest BCUT2D eigenvalue weighted by Gasteiger charge is -2.12. The molecule has 0 radical (unpaired) electrons. The standard InChI is InChI=1S/C27H22N2O3S2/c1-33-19-7-4-6-18(15-19)28-24(30)16-32-27(31)25-21-9-2-3-10-23(21)29-26-17(11-12-22(25)26)14-20-8-5-13-34-20/h2-10,13-15H,11-12,16H2,1H3,(H,28,30)/b17-14+. The number of carbonyl (C=O) groups is 2. The number of hydrogen-bond donors (Lipinski definition) is 1. The Morgan fingerprint density at radius 2 is 2.00 bits per heavy atom. The second kappa shape index (κ2) is 9.83. The van der Waals surface area contributed by atoms with Gasteiger partial charge in [0, 0.05) is 20.8 Å². The van der Waals surface area contributed by atoms with Gasteiger partial charge in [-0.3, -0.25) is 4.79 Å². The predicted molar refractivity (Wildman–Crippen MR) is 139 cm³/mol. The van der Waals surface area contributed by atoms with E-state index in [4.69, 9.17) is 9.72 Å². The lowest BCUT2D eigenvalue weighted by molar-refractivity contribution is -0.119. The fourth-order valence-corrected chi connectivity index (χ4v) is 5.30. The summed E-state index contributed by atoms with van der Waals surface area (Å²) in [6.45, 7) is -0.356. The molecule has 2 aromatic carbocycles. The molecule has 170 valence electrons. The van der Waals surface area contributed by atoms with Gasteiger partial charge in [0.2, 0.25) is 0 Å². The van der Waals surface area contributed by atoms with E-state index >= 15 is 0 Å². The Morgan fingerprint density at radius 3 is 2.82 bits per heavy atom. The van der Waals surface area contributed by atoms with Crippen molar-refractivity contribution in [3.8, 4) is 0 Å². The number of fused-ring (bicyclic) bond motifs is 2. The minimum atomic E-state index is -0.500. The smallest absolute Gasteiger partial charge is 0.339 e. The van der Waals surface area contributed by atoms with Crippen LogP contribution < -0.4 is 5.32 Å². The van der Waals surface area contributed by atoms with Crippen LogP contribution in [0.4, 0.5) is 5.69 Å². The zero-order valence-electron chi connectivity index (χ0n) is 18.5. The van der Waals surface area contributed by atoms with Gasteiger partial charge >= 0.3 is 5.97 Å². The first-order valence-corrected chi connectivity index (χ1v) is 13.0. The van der Waals surface area contributed by atoms with Crippen molar-refractivity contribution in [3.63, 3.8) is 0 Å². The van der Waals surface area contributed by atoms with Crippen LogP contribution in [0.2, 0.25) is 0 Å². The Labute approximate surface area is 205 Å². The quantitative estimate of drug-likeness (QED) is 0.256. The molecule has 0 unspecified atom stereocenters. The average molecular weight is 487 g/mol. The lowest BCUT2D eigenvalue weighted by atomic mass is 10.0. The van der Waals surface area contributed by atoms with E-state index in [1.165, 1.54) is 0 Å². The van der Waals surface area contributed by atoms with Crippen molar-refractivity contribution >= 4 is 63.2 Å². The molecule has 4 aromatic rings. The van der Waals surface area contributed by atoms with Gasteiger partial charge < -0.3 is 10.1 Å². The second-order valence-corrected chi connectivity index (χ2v) is 9.73. The van der Waals surface area contributed by atoms with Crippen molar-refractivity contribution in [2.75, 3.05) is 18.2 Å². The Morgan fingerprint density at radius 1 is 1.12 bits per heavy atom. The molecule has 5 nitrogen and oxygen atoms in total. The van der Waals surface area contributed by atoms with E-state index in [0.717, 1.165) is 43.9 Å². The van der Waals surface area contributed by atoms with E-state index in [-0.39, 0.29) is 12.5 Å². The van der Waals surface area contributed by atoms with Crippen LogP contribution in [0.1, 0.15) is 32.9 Å². The number of pyridine rings is 1. The van der Waals surface area contributed by atoms with E-state index in [9.17, 15) is 9.59 Å². The normalized spacial score (nSPS) is 13.7. The summed E-state index contributed by atoms with van der Waals surface area (Å²) in [5.74, 6) is -0.875. The number of thioether (sulfide) groups is 1. The summed E-state index contributed by atoms with van der Waals surface area (Å²) >= 11 is 3.26. The molecule has 1 N–H and O–H groups in total. The topological polar surface area (TPSA) is 68.3 Å². The number of allylic oxidation sites excluding steroid dienone is 1. The summed E-state index contributed by atoms with van der Waals surface area (Å²) in [5.41, 5.74) is 4.77. The number of ether oxygens (including phenoxy) is 1. The Balaban J connectivity index is 1.40. The Hall–Kier alpha value is -3.42. The molecule has 5 rings (SSSR count). The van der Waals surface area contributed by atoms with Crippen molar-refractivity contribution in [2.45, 2.75) is 17.7 Å². The molecule has 1 aliphatic carbocycles. The van der Waals surface area contributed by atoms with Crippen LogP contribution >= 0.6 is 23.1 Å². The molecular formula is C27H22N2O3S2. The highest BCUT2D eigenvalue weighted by molar-refractivity contribution is 7.98. The first-order chi connectivity index (χ1) is 16.6. The maximum atomic E-state index is 13.2. The van der Waals surface area contributed by atoms with Crippen LogP contribution in [0.5, 0.6) is 0 Å². The summed E-state index contributed by atoms with van der Waals surface area (Å²) in [6.07, 6.45) is 5.64. The first kappa shape index (κ1) is 22.4. The molecule has 1 aliphatic rings. The number of para-hydroxylation sites is 1. The summed E-state index contributed by atoms with van der Waals surface area (Å²) in [4.78, 5) is 32.8. The molecule has 2 heterocycles. The Bertz CT molecular complexity index is 1410. The van der Waals surface area contributed by atoms with Crippen molar-refractivity contribution < 1.29 is 14.3 Å². The van der Waals surface area contributed by atoms with Crippen LogP contribution in [0.25, 0.3) is 22.6 Å². The molecule has 2 aromatic heterocycles. The summed E-state index contributed by atoms with van der Waals surface area (Å²) < 4.78 is 5.49. The third kappa shape index (κ3) is 4.62. The molecule has 0 fully saturated rings. The van der Waals surface area contributed by atoms with E-state index in [0.29, 0.717) is 17.7 Å². The molecule has 1 amide bonds. The van der Waals surface area contributed by atoms with Gasteiger partial charge in [-0.05, 0) is 72.0 Å². The van der Waals surface area contributed by atoms with Gasteiger partial charge in [-0.1, -0.05) is 30.3 Å². The number of nitrogens with zero attached hydrogens (tertiary/aromatic N) is 1. The number of nitrogens with one attached hydrogen (secondary N) is 1. The van der Waals surface area contributed by atoms with Crippen LogP contribution in [-0.2, 0) is 16.0 Å². The lowest BCUT2D eigenvalue weighted by Crippen LogP contribution is -2.21. The molecule has 0 bridgehead atoms. The zero-order chi connectivity index (χ0) is 23.5. The van der Waals surface area contributed by atoms with Gasteiger partial charge in [0.25, 0.3) is 5.91 Å². The van der Waals surface area contributed by atoms with Gasteiger partial charge in [0.1, 0.15) is 0 Å². The summed E-state index contributed by atoms with van der Waals surface area (Å²) in [6, 6.07) is 19.2. The van der Waals surface area contributed by atoms with Crippen LogP contribution in [0.3, 0.4) is 0 Å². The third-order valence-electron chi connectivity index (χ3n) is 5.69. The average Bonchev–Trinajstić information content (AvgIpc) is 3.51. The van der Waals surface area contributed by atoms with Crippen molar-refractivity contribution in [2.24, 2.45) is 0 Å². The monoisotopic (exact) mass is 486 g/mol. The molecular weight excluding hydrogens is 464 g/mol. The fourth-order valence-electron chi connectivity index (χ4n) is 4.16. The molecule has 0 aliphatic heterocycles. The molecule has 34 heavy (non-hydrogen) atoms. The molecule has 0 atom stereocenters. The maximum Gasteiger partial charge on any atom is 0.339 e. The Kier molecular flexibility index (Phi) is 6.47. The minimum Gasteiger partial charge on any atom is -0.452 e. The van der Waals surface area contributed by atoms with E-state index in [1.54, 1.807) is 23.1 Å². The van der Waals surface area contributed by atoms with Gasteiger partial charge in [-0.25, -0.2) is 9.78 Å². The van der Waals surface area contributed by atoms with Gasteiger partial charge in [0.15, 0.2) is 6.61 Å². The molecule has 0 saturated heterocycles. The zero-order valence-corrected chi connectivity index (χ0v) is 20.2. The predicted octanol–water partition coefficient (Wildman–Crippen LogP) is 6.30. The highest BCUT2D eigenvalue weighted by Gasteiger charge is 2.28. The summed E-state index contributed by atoms with van der Waals surface area (Å²) in [5, 5.41) is 5.58. The van der Waals surface area contributed by atoms with E-state index in [1.807, 2.05) is 66.2 Å². The maximum absolute atomic E-state index is 13.2. The highest BCUT2D eigenvalue weighted by Crippen LogP contribution is 2.38. The number of rotatable bonds is 6. The van der Waals surface area contributed by atoms with Crippen LogP contribution in [0.15, 0.2) is 70.9 Å². The number of hydrogen-bond acceptors (Lipinski definition) is 6. The number of thiophene rings is 1. The molecule has 0 spiro atoms. The number of amides is 1. The van der Waals surface area contributed by atoms with Gasteiger partial charge in [-0.15, -0.1) is 23.1 Å². The number of anilines is 1. The van der Waals surface area contributed by atoms with Crippen molar-refractivity contribution in [1.29, 1.82) is 0 Å². The van der Waals surface area contributed by atoms with E-state index in [2.05, 4.69) is 17.5 Å². The fraction of sp³-hybridized carbons (Fsp3) is 0.148. The van der Waals surface area contributed by atoms with Gasteiger partial charge in [-0.2, -0.15) is 0 Å². The highest BCUT2D eigenvalue weighted by atomic mass is 32.2. The number of esters is 1. The van der Waals surface area contributed by atoms with Gasteiger partial charge in [0.05, 0.1) is 16.8 Å².